The van der Waals surface area contributed by atoms with E-state index >= 15 is 0 Å². The first-order valence-corrected chi connectivity index (χ1v) is 9.61. The van der Waals surface area contributed by atoms with Gasteiger partial charge in [-0.15, -0.1) is 8.78 Å². The number of amides is 1. The lowest BCUT2D eigenvalue weighted by Gasteiger charge is -2.29. The monoisotopic (exact) mass is 451 g/mol. The Hall–Kier alpha value is -3.24. The van der Waals surface area contributed by atoms with Gasteiger partial charge in [-0.2, -0.15) is 0 Å². The molecule has 1 saturated heterocycles. The number of hydrogen-bond acceptors (Lipinski definition) is 7. The number of pyridine rings is 1. The Kier molecular flexibility index (Phi) is 7.03. The van der Waals surface area contributed by atoms with Crippen LogP contribution in [0.25, 0.3) is 5.70 Å². The molecule has 31 heavy (non-hydrogen) atoms. The average molecular weight is 452 g/mol. The molecule has 1 fully saturated rings. The van der Waals surface area contributed by atoms with Crippen molar-refractivity contribution in [3.8, 4) is 5.75 Å². The molecule has 2 aromatic rings. The SMILES string of the molecule is N=C/C=C(\N)c1cc(C(=O)Nc2ccc(OC(F)(F)Cl)cc2)cnc1N1CCOCC1. The molecule has 4 N–H and O–H groups in total. The molecule has 0 saturated carbocycles. The molecule has 164 valence electrons. The van der Waals surface area contributed by atoms with Crippen molar-refractivity contribution >= 4 is 40.9 Å². The van der Waals surface area contributed by atoms with E-state index in [1.54, 1.807) is 6.07 Å². The number of anilines is 2. The molecule has 1 aromatic carbocycles. The summed E-state index contributed by atoms with van der Waals surface area (Å²) in [7, 11) is 0. The number of morpholine rings is 1. The molecule has 8 nitrogen and oxygen atoms in total. The Morgan fingerprint density at radius 2 is 2.00 bits per heavy atom. The van der Waals surface area contributed by atoms with E-state index in [0.717, 1.165) is 6.21 Å². The fraction of sp³-hybridized carbons (Fsp3) is 0.250. The number of rotatable bonds is 7. The van der Waals surface area contributed by atoms with Crippen molar-refractivity contribution in [2.24, 2.45) is 5.73 Å². The zero-order valence-corrected chi connectivity index (χ0v) is 17.0. The van der Waals surface area contributed by atoms with Gasteiger partial charge in [-0.25, -0.2) is 4.98 Å². The number of nitrogens with one attached hydrogen (secondary N) is 2. The number of aromatic nitrogens is 1. The van der Waals surface area contributed by atoms with Gasteiger partial charge in [0.15, 0.2) is 0 Å². The minimum Gasteiger partial charge on any atom is -0.420 e. The minimum absolute atomic E-state index is 0.152. The number of nitrogens with two attached hydrogens (primary N) is 1. The number of carbonyl (C=O) groups is 1. The first kappa shape index (κ1) is 22.4. The summed E-state index contributed by atoms with van der Waals surface area (Å²) < 4.78 is 35.0. The Bertz CT molecular complexity index is 974. The molecule has 11 heteroatoms. The maximum Gasteiger partial charge on any atom is 0.487 e. The summed E-state index contributed by atoms with van der Waals surface area (Å²) in [6, 6.07) is 6.89. The van der Waals surface area contributed by atoms with E-state index < -0.39 is 11.5 Å². The summed E-state index contributed by atoms with van der Waals surface area (Å²) in [6.45, 7) is 2.35. The van der Waals surface area contributed by atoms with E-state index in [0.29, 0.717) is 49.1 Å². The van der Waals surface area contributed by atoms with Gasteiger partial charge in [-0.1, -0.05) is 0 Å². The van der Waals surface area contributed by atoms with Crippen LogP contribution in [0.15, 0.2) is 42.6 Å². The third-order valence-corrected chi connectivity index (χ3v) is 4.44. The predicted molar refractivity (Wildman–Crippen MR) is 114 cm³/mol. The summed E-state index contributed by atoms with van der Waals surface area (Å²) in [6.07, 6.45) is 3.89. The van der Waals surface area contributed by atoms with Crippen molar-refractivity contribution in [1.29, 1.82) is 5.41 Å². The van der Waals surface area contributed by atoms with Gasteiger partial charge in [0.05, 0.1) is 18.8 Å². The molecule has 0 spiro atoms. The Balaban J connectivity index is 1.81. The molecule has 0 aliphatic carbocycles. The summed E-state index contributed by atoms with van der Waals surface area (Å²) in [5.74, 6) is -0.0263. The second-order valence-corrected chi connectivity index (χ2v) is 6.95. The highest BCUT2D eigenvalue weighted by Crippen LogP contribution is 2.27. The molecule has 2 heterocycles. The van der Waals surface area contributed by atoms with Crippen LogP contribution in [0.4, 0.5) is 20.3 Å². The van der Waals surface area contributed by atoms with Gasteiger partial charge in [0.1, 0.15) is 11.6 Å². The normalized spacial score (nSPS) is 14.8. The standard InChI is InChI=1S/C20H20ClF2N5O3/c21-20(22,23)31-15-3-1-14(2-4-15)27-19(29)13-11-16(17(25)5-6-24)18(26-12-13)28-7-9-30-10-8-28/h1-6,11-12,24H,7-10,25H2,(H,27,29)/b17-5-,24-6?. The number of hydrogen-bond donors (Lipinski definition) is 3. The number of alkyl halides is 3. The fourth-order valence-corrected chi connectivity index (χ4v) is 3.03. The molecule has 1 aliphatic heterocycles. The van der Waals surface area contributed by atoms with E-state index in [1.165, 1.54) is 36.5 Å². The molecule has 0 unspecified atom stereocenters. The van der Waals surface area contributed by atoms with Crippen molar-refractivity contribution in [3.05, 3.63) is 53.7 Å². The van der Waals surface area contributed by atoms with Crippen LogP contribution in [-0.2, 0) is 4.74 Å². The highest BCUT2D eigenvalue weighted by molar-refractivity contribution is 6.20. The van der Waals surface area contributed by atoms with Crippen molar-refractivity contribution in [2.45, 2.75) is 5.57 Å². The topological polar surface area (TPSA) is 114 Å². The summed E-state index contributed by atoms with van der Waals surface area (Å²) in [4.78, 5) is 19.1. The van der Waals surface area contributed by atoms with E-state index in [9.17, 15) is 13.6 Å². The lowest BCUT2D eigenvalue weighted by molar-refractivity contribution is -0.0964. The maximum atomic E-state index is 12.7. The van der Waals surface area contributed by atoms with Crippen molar-refractivity contribution in [2.75, 3.05) is 36.5 Å². The zero-order valence-electron chi connectivity index (χ0n) is 16.3. The van der Waals surface area contributed by atoms with Gasteiger partial charge in [-0.05, 0) is 36.4 Å². The smallest absolute Gasteiger partial charge is 0.420 e. The Morgan fingerprint density at radius 1 is 1.32 bits per heavy atom. The van der Waals surface area contributed by atoms with Gasteiger partial charge in [-0.3, -0.25) is 4.79 Å². The van der Waals surface area contributed by atoms with Gasteiger partial charge >= 0.3 is 5.57 Å². The largest absolute Gasteiger partial charge is 0.487 e. The highest BCUT2D eigenvalue weighted by Gasteiger charge is 2.27. The Morgan fingerprint density at radius 3 is 2.61 bits per heavy atom. The third kappa shape index (κ3) is 6.12. The summed E-state index contributed by atoms with van der Waals surface area (Å²) in [5.41, 5.74) is 3.68. The fourth-order valence-electron chi connectivity index (χ4n) is 2.94. The number of carbonyl (C=O) groups excluding carboxylic acids is 1. The molecule has 1 aromatic heterocycles. The summed E-state index contributed by atoms with van der Waals surface area (Å²) >= 11 is 4.73. The number of ether oxygens (including phenoxy) is 2. The van der Waals surface area contributed by atoms with E-state index in [1.807, 2.05) is 4.90 Å². The van der Waals surface area contributed by atoms with Crippen LogP contribution in [0.1, 0.15) is 15.9 Å². The maximum absolute atomic E-state index is 12.7. The van der Waals surface area contributed by atoms with Crippen LogP contribution in [0, 0.1) is 5.41 Å². The second kappa shape index (κ2) is 9.71. The van der Waals surface area contributed by atoms with Gasteiger partial charge < -0.3 is 30.8 Å². The van der Waals surface area contributed by atoms with Crippen molar-refractivity contribution in [3.63, 3.8) is 0 Å². The van der Waals surface area contributed by atoms with Crippen LogP contribution in [-0.4, -0.2) is 49.0 Å². The number of halogens is 3. The number of allylic oxidation sites excluding steroid dienone is 1. The van der Waals surface area contributed by atoms with E-state index in [-0.39, 0.29) is 11.3 Å². The van der Waals surface area contributed by atoms with Crippen LogP contribution < -0.4 is 20.7 Å². The Labute approximate surface area is 182 Å². The van der Waals surface area contributed by atoms with Crippen molar-refractivity contribution < 1.29 is 23.0 Å². The molecule has 0 radical (unpaired) electrons. The number of benzene rings is 1. The molecular formula is C20H20ClF2N5O3. The van der Waals surface area contributed by atoms with Gasteiger partial charge in [0.2, 0.25) is 0 Å². The number of nitrogens with zero attached hydrogens (tertiary/aromatic N) is 2. The molecule has 1 aliphatic rings. The van der Waals surface area contributed by atoms with Crippen LogP contribution in [0.2, 0.25) is 0 Å². The first-order chi connectivity index (χ1) is 14.8. The molecule has 3 rings (SSSR count). The van der Waals surface area contributed by atoms with E-state index in [4.69, 9.17) is 27.5 Å². The lowest BCUT2D eigenvalue weighted by Crippen LogP contribution is -2.37. The highest BCUT2D eigenvalue weighted by atomic mass is 35.5. The predicted octanol–water partition coefficient (Wildman–Crippen LogP) is 3.29. The minimum atomic E-state index is -3.82. The van der Waals surface area contributed by atoms with Gasteiger partial charge in [0.25, 0.3) is 5.91 Å². The molecule has 0 atom stereocenters. The average Bonchev–Trinajstić information content (AvgIpc) is 2.74. The molecule has 0 bridgehead atoms. The van der Waals surface area contributed by atoms with Crippen LogP contribution in [0.5, 0.6) is 5.75 Å². The molecular weight excluding hydrogens is 432 g/mol. The van der Waals surface area contributed by atoms with Crippen LogP contribution >= 0.6 is 11.6 Å². The second-order valence-electron chi connectivity index (χ2n) is 6.51. The lowest BCUT2D eigenvalue weighted by atomic mass is 10.1. The van der Waals surface area contributed by atoms with Gasteiger partial charge in [0, 0.05) is 54.0 Å². The molecule has 1 amide bonds. The van der Waals surface area contributed by atoms with E-state index in [2.05, 4.69) is 15.0 Å². The van der Waals surface area contributed by atoms with Crippen LogP contribution in [0.3, 0.4) is 0 Å². The summed E-state index contributed by atoms with van der Waals surface area (Å²) in [5, 5.41) is 9.93. The first-order valence-electron chi connectivity index (χ1n) is 9.23. The third-order valence-electron chi connectivity index (χ3n) is 4.36. The quantitative estimate of drug-likeness (QED) is 0.439. The van der Waals surface area contributed by atoms with Crippen molar-refractivity contribution in [1.82, 2.24) is 4.98 Å². The zero-order chi connectivity index (χ0) is 22.4.